The first kappa shape index (κ1) is 20.1. The largest absolute Gasteiger partial charge is 0.481 e. The predicted molar refractivity (Wildman–Crippen MR) is 123 cm³/mol. The Morgan fingerprint density at radius 2 is 1.79 bits per heavy atom. The Hall–Kier alpha value is -2.14. The first-order valence-corrected chi connectivity index (χ1v) is 11.0. The Labute approximate surface area is 183 Å². The van der Waals surface area contributed by atoms with Crippen molar-refractivity contribution >= 4 is 62.7 Å². The normalized spacial score (nSPS) is 11.4. The molecule has 4 aromatic rings. The highest BCUT2D eigenvalue weighted by Gasteiger charge is 2.17. The van der Waals surface area contributed by atoms with E-state index in [4.69, 9.17) is 23.2 Å². The van der Waals surface area contributed by atoms with Gasteiger partial charge in [-0.2, -0.15) is 0 Å². The van der Waals surface area contributed by atoms with Crippen molar-refractivity contribution in [2.45, 2.75) is 24.8 Å². The summed E-state index contributed by atoms with van der Waals surface area (Å²) >= 11 is 14.1. The Bertz CT molecular complexity index is 1230. The fourth-order valence-electron chi connectivity index (χ4n) is 3.73. The smallest absolute Gasteiger partial charge is 0.307 e. The van der Waals surface area contributed by atoms with Crippen molar-refractivity contribution in [2.24, 2.45) is 0 Å². The highest BCUT2D eigenvalue weighted by Crippen LogP contribution is 2.38. The van der Waals surface area contributed by atoms with Crippen LogP contribution >= 0.6 is 35.0 Å². The maximum atomic E-state index is 11.4. The number of para-hydroxylation sites is 1. The number of thioether (sulfide) groups is 1. The van der Waals surface area contributed by atoms with Gasteiger partial charge in [0.15, 0.2) is 0 Å². The van der Waals surface area contributed by atoms with E-state index in [-0.39, 0.29) is 6.42 Å². The van der Waals surface area contributed by atoms with Crippen molar-refractivity contribution in [3.05, 3.63) is 75.8 Å². The lowest BCUT2D eigenvalue weighted by molar-refractivity contribution is -0.136. The van der Waals surface area contributed by atoms with Gasteiger partial charge in [-0.15, -0.1) is 11.8 Å². The van der Waals surface area contributed by atoms with Crippen LogP contribution in [0.3, 0.4) is 0 Å². The molecule has 4 rings (SSSR count). The van der Waals surface area contributed by atoms with Crippen molar-refractivity contribution in [3.63, 3.8) is 0 Å². The zero-order valence-corrected chi connectivity index (χ0v) is 18.1. The molecule has 0 spiro atoms. The second-order valence-electron chi connectivity index (χ2n) is 6.84. The SMILES string of the molecule is CCSc1cc(CC(=O)O)cc2c1c1ccccc1n2Cc1ccc(Cl)c(Cl)c1. The van der Waals surface area contributed by atoms with Gasteiger partial charge in [0.05, 0.1) is 22.0 Å². The van der Waals surface area contributed by atoms with Gasteiger partial charge in [0.2, 0.25) is 0 Å². The van der Waals surface area contributed by atoms with Gasteiger partial charge in [-0.05, 0) is 47.2 Å². The molecule has 148 valence electrons. The van der Waals surface area contributed by atoms with Crippen LogP contribution in [0, 0.1) is 0 Å². The van der Waals surface area contributed by atoms with Crippen molar-refractivity contribution in [2.75, 3.05) is 5.75 Å². The first-order valence-electron chi connectivity index (χ1n) is 9.30. The molecule has 6 heteroatoms. The first-order chi connectivity index (χ1) is 14.0. The van der Waals surface area contributed by atoms with E-state index in [9.17, 15) is 9.90 Å². The Balaban J connectivity index is 1.98. The van der Waals surface area contributed by atoms with Gasteiger partial charge in [-0.3, -0.25) is 4.79 Å². The van der Waals surface area contributed by atoms with Crippen LogP contribution < -0.4 is 0 Å². The number of aromatic nitrogens is 1. The van der Waals surface area contributed by atoms with Crippen molar-refractivity contribution in [1.29, 1.82) is 0 Å². The Kier molecular flexibility index (Phi) is 5.77. The average molecular weight is 444 g/mol. The van der Waals surface area contributed by atoms with E-state index < -0.39 is 5.97 Å². The minimum Gasteiger partial charge on any atom is -0.481 e. The van der Waals surface area contributed by atoms with Gasteiger partial charge in [-0.1, -0.05) is 54.4 Å². The van der Waals surface area contributed by atoms with Gasteiger partial charge < -0.3 is 9.67 Å². The maximum absolute atomic E-state index is 11.4. The lowest BCUT2D eigenvalue weighted by atomic mass is 10.1. The molecule has 0 amide bonds. The topological polar surface area (TPSA) is 42.2 Å². The third-order valence-electron chi connectivity index (χ3n) is 4.88. The number of hydrogen-bond acceptors (Lipinski definition) is 2. The molecule has 1 aromatic heterocycles. The van der Waals surface area contributed by atoms with E-state index in [1.807, 2.05) is 36.4 Å². The fourth-order valence-corrected chi connectivity index (χ4v) is 4.95. The molecule has 0 aliphatic rings. The molecule has 1 heterocycles. The molecule has 29 heavy (non-hydrogen) atoms. The lowest BCUT2D eigenvalue weighted by Gasteiger charge is -2.11. The van der Waals surface area contributed by atoms with Crippen LogP contribution in [-0.4, -0.2) is 21.4 Å². The molecule has 3 nitrogen and oxygen atoms in total. The van der Waals surface area contributed by atoms with Gasteiger partial charge >= 0.3 is 5.97 Å². The number of carboxylic acid groups (broad SMARTS) is 1. The number of carboxylic acids is 1. The van der Waals surface area contributed by atoms with Crippen LogP contribution in [0.15, 0.2) is 59.5 Å². The monoisotopic (exact) mass is 443 g/mol. The van der Waals surface area contributed by atoms with Crippen LogP contribution in [0.4, 0.5) is 0 Å². The van der Waals surface area contributed by atoms with E-state index >= 15 is 0 Å². The zero-order valence-electron chi connectivity index (χ0n) is 15.8. The minimum absolute atomic E-state index is 0.00150. The molecular formula is C23H19Cl2NO2S. The molecule has 1 N–H and O–H groups in total. The quantitative estimate of drug-likeness (QED) is 0.329. The summed E-state index contributed by atoms with van der Waals surface area (Å²) in [6, 6.07) is 18.0. The standard InChI is InChI=1S/C23H19Cl2NO2S/c1-2-29-21-11-15(12-22(27)28)10-20-23(21)16-5-3-4-6-19(16)26(20)13-14-7-8-17(24)18(25)9-14/h3-11H,2,12-13H2,1H3,(H,27,28). The molecule has 0 unspecified atom stereocenters. The van der Waals surface area contributed by atoms with E-state index in [0.29, 0.717) is 16.6 Å². The number of hydrogen-bond donors (Lipinski definition) is 1. The minimum atomic E-state index is -0.830. The van der Waals surface area contributed by atoms with Crippen LogP contribution in [-0.2, 0) is 17.8 Å². The summed E-state index contributed by atoms with van der Waals surface area (Å²) in [5.41, 5.74) is 3.99. The van der Waals surface area contributed by atoms with Crippen LogP contribution in [0.5, 0.6) is 0 Å². The van der Waals surface area contributed by atoms with Crippen LogP contribution in [0.1, 0.15) is 18.1 Å². The highest BCUT2D eigenvalue weighted by atomic mass is 35.5. The highest BCUT2D eigenvalue weighted by molar-refractivity contribution is 7.99. The lowest BCUT2D eigenvalue weighted by Crippen LogP contribution is -2.03. The number of carbonyl (C=O) groups is 1. The van der Waals surface area contributed by atoms with Gasteiger partial charge in [0.25, 0.3) is 0 Å². The molecule has 0 aliphatic carbocycles. The summed E-state index contributed by atoms with van der Waals surface area (Å²) in [5, 5.41) is 12.7. The van der Waals surface area contributed by atoms with E-state index in [2.05, 4.69) is 23.6 Å². The molecule has 0 aliphatic heterocycles. The van der Waals surface area contributed by atoms with Gasteiger partial charge in [-0.25, -0.2) is 0 Å². The summed E-state index contributed by atoms with van der Waals surface area (Å²) in [7, 11) is 0. The molecule has 0 fully saturated rings. The zero-order chi connectivity index (χ0) is 20.5. The predicted octanol–water partition coefficient (Wildman–Crippen LogP) is 6.89. The molecule has 3 aromatic carbocycles. The van der Waals surface area contributed by atoms with E-state index in [1.54, 1.807) is 17.8 Å². The van der Waals surface area contributed by atoms with E-state index in [1.165, 1.54) is 10.8 Å². The van der Waals surface area contributed by atoms with Crippen LogP contribution in [0.25, 0.3) is 21.8 Å². The fraction of sp³-hybridized carbons (Fsp3) is 0.174. The summed E-state index contributed by atoms with van der Waals surface area (Å²) < 4.78 is 2.23. The average Bonchev–Trinajstić information content (AvgIpc) is 2.98. The van der Waals surface area contributed by atoms with E-state index in [0.717, 1.165) is 32.8 Å². The maximum Gasteiger partial charge on any atom is 0.307 e. The number of benzene rings is 3. The van der Waals surface area contributed by atoms with Gasteiger partial charge in [0.1, 0.15) is 0 Å². The Morgan fingerprint density at radius 1 is 1.00 bits per heavy atom. The third kappa shape index (κ3) is 3.97. The van der Waals surface area contributed by atoms with Crippen LogP contribution in [0.2, 0.25) is 10.0 Å². The molecule has 0 saturated heterocycles. The summed E-state index contributed by atoms with van der Waals surface area (Å²) in [6.07, 6.45) is 0.00150. The molecular weight excluding hydrogens is 425 g/mol. The summed E-state index contributed by atoms with van der Waals surface area (Å²) in [4.78, 5) is 12.5. The Morgan fingerprint density at radius 3 is 2.52 bits per heavy atom. The number of aliphatic carboxylic acids is 1. The van der Waals surface area contributed by atoms with Crippen molar-refractivity contribution in [1.82, 2.24) is 4.57 Å². The second kappa shape index (κ2) is 8.31. The number of halogens is 2. The summed E-state index contributed by atoms with van der Waals surface area (Å²) in [5.74, 6) is 0.0849. The summed E-state index contributed by atoms with van der Waals surface area (Å²) in [6.45, 7) is 2.73. The second-order valence-corrected chi connectivity index (χ2v) is 8.96. The number of nitrogens with zero attached hydrogens (tertiary/aromatic N) is 1. The molecule has 0 radical (unpaired) electrons. The molecule has 0 saturated carbocycles. The number of rotatable bonds is 6. The van der Waals surface area contributed by atoms with Crippen molar-refractivity contribution < 1.29 is 9.90 Å². The number of fused-ring (bicyclic) bond motifs is 3. The van der Waals surface area contributed by atoms with Crippen molar-refractivity contribution in [3.8, 4) is 0 Å². The van der Waals surface area contributed by atoms with Gasteiger partial charge in [0, 0.05) is 27.7 Å². The molecule has 0 bridgehead atoms. The third-order valence-corrected chi connectivity index (χ3v) is 6.54. The molecule has 0 atom stereocenters.